The van der Waals surface area contributed by atoms with Crippen molar-refractivity contribution in [2.24, 2.45) is 0 Å². The van der Waals surface area contributed by atoms with Gasteiger partial charge in [-0.3, -0.25) is 24.0 Å². The molecule has 137 heavy (non-hydrogen) atoms. The molecule has 13 heterocycles. The van der Waals surface area contributed by atoms with Crippen LogP contribution < -0.4 is 21.3 Å². The van der Waals surface area contributed by atoms with Crippen molar-refractivity contribution < 1.29 is 157 Å². The molecule has 0 spiro atoms. The maximum atomic E-state index is 14.3. The summed E-state index contributed by atoms with van der Waals surface area (Å²) in [6, 6.07) is 4.14. The number of fused-ring (bicyclic) bond motifs is 12. The number of pyridine rings is 1. The monoisotopic (exact) mass is 1980 g/mol. The molecule has 9 fully saturated rings. The molecule has 47 nitrogen and oxygen atoms in total. The standard InChI is InChI=1S/C88H138N14O33S2/c1-61(103)90-70-73-76(130-82(4,5)127-73)86(58-124-79(70)133-86)55-117-41-38-114-35-32-111-29-26-108-23-20-100-46-64(94-97-100)49-120-52-85(93-67(106)16-12-10-11-13-18-69(107)123-44-45-136-137-68-17-14-15-19-89-68,53-121-50-65-47-101(98-95-65)21-24-109-27-30-112-33-36-115-39-42-118-56-87-59-125-80(134-87)71(91-62(2)104)74-77(87)131-83(6,7)128-74)54-122-51-66-48-102(99-96-66)22-25-110-28-31-113-34-37-116-40-43-119-57-88-60-126-81(135-88)72(92-63(3)105)75-78(88)132-84(8,9)129-75/h14-15,17,19,46-48,70-81H,10-13,16,18,20-45,49-60H2,1-9H3,(H,90,103)(H,91,104)(H,92,105)(H,93,106)/t70-,71-,72-,73-,74-,75-,76-,77-,78-,79+,80+,81+,86+,87+,88+/m1/s1. The molecule has 0 unspecified atom stereocenters. The molecule has 9 aliphatic heterocycles. The van der Waals surface area contributed by atoms with E-state index in [0.717, 1.165) is 5.03 Å². The molecular weight excluding hydrogens is 1850 g/mol. The van der Waals surface area contributed by atoms with Gasteiger partial charge in [0.25, 0.3) is 0 Å². The van der Waals surface area contributed by atoms with Gasteiger partial charge in [0.15, 0.2) is 36.2 Å². The fraction of sp³-hybridized carbons (Fsp3) is 0.818. The van der Waals surface area contributed by atoms with Crippen LogP contribution in [-0.4, -0.2) is 403 Å². The predicted octanol–water partition coefficient (Wildman–Crippen LogP) is 1.64. The largest absolute Gasteiger partial charge is 0.465 e. The molecule has 9 aliphatic rings. The van der Waals surface area contributed by atoms with E-state index in [1.807, 2.05) is 59.7 Å². The third-order valence-corrected chi connectivity index (χ3v) is 25.3. The van der Waals surface area contributed by atoms with Gasteiger partial charge in [-0.25, -0.2) is 19.0 Å². The van der Waals surface area contributed by atoms with Gasteiger partial charge in [-0.1, -0.05) is 45.3 Å². The Labute approximate surface area is 804 Å². The first kappa shape index (κ1) is 108. The highest BCUT2D eigenvalue weighted by molar-refractivity contribution is 8.76. The average molecular weight is 1980 g/mol. The maximum absolute atomic E-state index is 14.3. The topological polar surface area (TPSA) is 497 Å². The SMILES string of the molecule is CC(=O)N[C@H]1[C@H]2OC[C@](COCCOCCOCCOCCn3cc(COCC(COCc4cn(CCOCCOCCOCCOC[C@@]56CO[C@@H](O5)[C@H](NC(C)=O)[C@H]5OC(C)(C)O[C@H]56)nn4)(COCc4cn(CCOCCOCCOCCOC[C@@]56CO[C@@H](O5)[C@H](NC(C)=O)[C@H]5OC(C)(C)O[C@H]56)nn4)NC(=O)CCCCCCC(=O)OCCSSc4ccccn4)nn3)(O2)[C@@H]2OC(C)(C)O[C@H]12. The summed E-state index contributed by atoms with van der Waals surface area (Å²) in [6.07, 6.45) is 4.91. The lowest BCUT2D eigenvalue weighted by atomic mass is 9.88. The molecule has 4 aromatic rings. The number of carbonyl (C=O) groups excluding carboxylic acids is 5. The number of nitrogens with one attached hydrogen (secondary N) is 4. The Morgan fingerprint density at radius 2 is 0.745 bits per heavy atom. The van der Waals surface area contributed by atoms with Crippen molar-refractivity contribution in [1.29, 1.82) is 0 Å². The van der Waals surface area contributed by atoms with E-state index in [9.17, 15) is 24.0 Å². The molecule has 4 amide bonds. The highest BCUT2D eigenvalue weighted by atomic mass is 33.1. The van der Waals surface area contributed by atoms with Crippen LogP contribution in [0.2, 0.25) is 0 Å². The van der Waals surface area contributed by atoms with Crippen LogP contribution in [0.3, 0.4) is 0 Å². The molecule has 15 atom stereocenters. The number of ether oxygens (including phenoxy) is 28. The number of esters is 1. The van der Waals surface area contributed by atoms with Crippen molar-refractivity contribution in [2.45, 2.75) is 259 Å². The Bertz CT molecular complexity index is 3940. The molecular formula is C88H138N14O33S2. The van der Waals surface area contributed by atoms with Crippen molar-refractivity contribution in [3.8, 4) is 0 Å². The van der Waals surface area contributed by atoms with Crippen LogP contribution in [0.4, 0.5) is 0 Å². The van der Waals surface area contributed by atoms with E-state index in [1.54, 1.807) is 49.6 Å². The van der Waals surface area contributed by atoms with Crippen molar-refractivity contribution in [3.05, 3.63) is 60.1 Å². The van der Waals surface area contributed by atoms with Gasteiger partial charge in [0.1, 0.15) is 106 Å². The Balaban J connectivity index is 0.538. The molecule has 49 heteroatoms. The van der Waals surface area contributed by atoms with Gasteiger partial charge in [0.2, 0.25) is 23.6 Å². The predicted molar refractivity (Wildman–Crippen MR) is 476 cm³/mol. The summed E-state index contributed by atoms with van der Waals surface area (Å²) in [7, 11) is 3.10. The van der Waals surface area contributed by atoms with E-state index in [-0.39, 0.29) is 128 Å². The summed E-state index contributed by atoms with van der Waals surface area (Å²) in [5.74, 6) is -3.22. The second kappa shape index (κ2) is 53.8. The molecule has 4 aromatic heterocycles. The number of carbonyl (C=O) groups is 5. The Morgan fingerprint density at radius 3 is 1.08 bits per heavy atom. The second-order valence-electron chi connectivity index (χ2n) is 35.9. The quantitative estimate of drug-likeness (QED) is 0.0277. The van der Waals surface area contributed by atoms with Crippen LogP contribution >= 0.6 is 21.6 Å². The number of rotatable bonds is 70. The maximum Gasteiger partial charge on any atom is 0.305 e. The number of hydrogen-bond acceptors (Lipinski definition) is 42. The average Bonchev–Trinajstić information content (AvgIpc) is 1.58. The van der Waals surface area contributed by atoms with Crippen LogP contribution in [0.5, 0.6) is 0 Å². The zero-order chi connectivity index (χ0) is 96.4. The van der Waals surface area contributed by atoms with Gasteiger partial charge in [-0.2, -0.15) is 0 Å². The van der Waals surface area contributed by atoms with Crippen molar-refractivity contribution in [3.63, 3.8) is 0 Å². The number of aromatic nitrogens is 10. The Morgan fingerprint density at radius 1 is 0.409 bits per heavy atom. The molecule has 0 aromatic carbocycles. The van der Waals surface area contributed by atoms with Crippen molar-refractivity contribution in [1.82, 2.24) is 71.2 Å². The Hall–Kier alpha value is -6.46. The third kappa shape index (κ3) is 33.3. The van der Waals surface area contributed by atoms with Gasteiger partial charge in [0, 0.05) is 45.6 Å². The fourth-order valence-electron chi connectivity index (χ4n) is 17.1. The van der Waals surface area contributed by atoms with Gasteiger partial charge >= 0.3 is 5.97 Å². The summed E-state index contributed by atoms with van der Waals surface area (Å²) in [5, 5.41) is 38.9. The van der Waals surface area contributed by atoms with E-state index < -0.39 is 113 Å². The number of amides is 4. The lowest BCUT2D eigenvalue weighted by Crippen LogP contribution is -2.65. The number of unbranched alkanes of at least 4 members (excludes halogenated alkanes) is 3. The molecule has 9 saturated heterocycles. The van der Waals surface area contributed by atoms with E-state index in [0.29, 0.717) is 207 Å². The van der Waals surface area contributed by atoms with E-state index >= 15 is 0 Å². The molecule has 770 valence electrons. The molecule has 13 rings (SSSR count). The smallest absolute Gasteiger partial charge is 0.305 e. The first-order chi connectivity index (χ1) is 66.3. The zero-order valence-corrected chi connectivity index (χ0v) is 81.5. The van der Waals surface area contributed by atoms with Crippen LogP contribution in [0.1, 0.15) is 118 Å². The normalized spacial score (nSPS) is 26.8. The van der Waals surface area contributed by atoms with Crippen LogP contribution in [-0.2, 0) is 196 Å². The highest BCUT2D eigenvalue weighted by Crippen LogP contribution is 2.50. The minimum atomic E-state index is -1.30. The second-order valence-corrected chi connectivity index (χ2v) is 38.4. The Kier molecular flexibility index (Phi) is 42.3. The minimum Gasteiger partial charge on any atom is -0.465 e. The van der Waals surface area contributed by atoms with E-state index in [4.69, 9.17) is 133 Å². The van der Waals surface area contributed by atoms with E-state index in [2.05, 4.69) is 57.2 Å². The van der Waals surface area contributed by atoms with Crippen LogP contribution in [0.25, 0.3) is 0 Å². The van der Waals surface area contributed by atoms with Crippen LogP contribution in [0, 0.1) is 0 Å². The minimum absolute atomic E-state index is 0.00391. The third-order valence-electron chi connectivity index (χ3n) is 23.1. The molecule has 0 saturated carbocycles. The molecule has 0 aliphatic carbocycles. The summed E-state index contributed by atoms with van der Waals surface area (Å²) in [4.78, 5) is 67.3. The number of nitrogens with zero attached hydrogens (tertiary/aromatic N) is 10. The summed E-state index contributed by atoms with van der Waals surface area (Å²) < 4.78 is 174. The van der Waals surface area contributed by atoms with Crippen molar-refractivity contribution >= 4 is 51.2 Å². The first-order valence-electron chi connectivity index (χ1n) is 47.0. The molecule has 0 radical (unpaired) electrons. The van der Waals surface area contributed by atoms with Gasteiger partial charge in [-0.15, -0.1) is 15.3 Å². The summed E-state index contributed by atoms with van der Waals surface area (Å²) in [5.41, 5.74) is -2.45. The van der Waals surface area contributed by atoms with Crippen molar-refractivity contribution in [2.75, 3.05) is 211 Å². The molecule has 6 bridgehead atoms. The van der Waals surface area contributed by atoms with Gasteiger partial charge in [0.05, 0.1) is 256 Å². The van der Waals surface area contributed by atoms with Crippen LogP contribution in [0.15, 0.2) is 48.0 Å². The number of hydrogen-bond donors (Lipinski definition) is 4. The zero-order valence-electron chi connectivity index (χ0n) is 79.8. The lowest BCUT2D eigenvalue weighted by Gasteiger charge is -2.42. The summed E-state index contributed by atoms with van der Waals surface area (Å²) in [6.45, 7) is 24.5. The molecule has 4 N–H and O–H groups in total. The van der Waals surface area contributed by atoms with E-state index in [1.165, 1.54) is 31.6 Å². The summed E-state index contributed by atoms with van der Waals surface area (Å²) >= 11 is 0. The highest BCUT2D eigenvalue weighted by Gasteiger charge is 2.69. The van der Waals surface area contributed by atoms with Gasteiger partial charge < -0.3 is 154 Å². The fourth-order valence-corrected chi connectivity index (χ4v) is 18.8. The first-order valence-corrected chi connectivity index (χ1v) is 49.3. The lowest BCUT2D eigenvalue weighted by molar-refractivity contribution is -0.214. The van der Waals surface area contributed by atoms with Gasteiger partial charge in [-0.05, 0) is 77.3 Å².